The summed E-state index contributed by atoms with van der Waals surface area (Å²) in [5, 5.41) is 13.3. The van der Waals surface area contributed by atoms with Crippen LogP contribution < -0.4 is 5.32 Å². The van der Waals surface area contributed by atoms with E-state index < -0.39 is 11.4 Å². The number of β-amino-alcohol motifs (C(OH)–C–C–N with tert-alkyl or cyclic N) is 1. The van der Waals surface area contributed by atoms with E-state index in [-0.39, 0.29) is 5.02 Å². The first-order valence-corrected chi connectivity index (χ1v) is 5.34. The Bertz CT molecular complexity index is 364. The van der Waals surface area contributed by atoms with Crippen molar-refractivity contribution in [3.8, 4) is 0 Å². The smallest absolute Gasteiger partial charge is 0.141 e. The van der Waals surface area contributed by atoms with Crippen molar-refractivity contribution in [1.82, 2.24) is 5.32 Å². The molecule has 2 nitrogen and oxygen atoms in total. The van der Waals surface area contributed by atoms with Crippen LogP contribution in [0, 0.1) is 5.82 Å². The fourth-order valence-corrected chi connectivity index (χ4v) is 2.11. The first-order valence-electron chi connectivity index (χ1n) is 4.96. The molecule has 0 saturated carbocycles. The second kappa shape index (κ2) is 4.08. The van der Waals surface area contributed by atoms with Gasteiger partial charge in [-0.25, -0.2) is 4.39 Å². The summed E-state index contributed by atoms with van der Waals surface area (Å²) in [4.78, 5) is 0. The van der Waals surface area contributed by atoms with E-state index in [0.29, 0.717) is 13.0 Å². The SMILES string of the molecule is OC1(Cc2ccc(F)c(Cl)c2)CCNC1. The van der Waals surface area contributed by atoms with Crippen molar-refractivity contribution >= 4 is 11.6 Å². The molecule has 1 aliphatic heterocycles. The second-order valence-electron chi connectivity index (χ2n) is 4.08. The van der Waals surface area contributed by atoms with Crippen molar-refractivity contribution in [3.05, 3.63) is 34.6 Å². The highest BCUT2D eigenvalue weighted by atomic mass is 35.5. The third-order valence-corrected chi connectivity index (χ3v) is 3.03. The van der Waals surface area contributed by atoms with Crippen molar-refractivity contribution < 1.29 is 9.50 Å². The fraction of sp³-hybridized carbons (Fsp3) is 0.455. The van der Waals surface area contributed by atoms with E-state index in [9.17, 15) is 9.50 Å². The Hall–Kier alpha value is -0.640. The maximum atomic E-state index is 12.9. The Morgan fingerprint density at radius 2 is 2.33 bits per heavy atom. The number of halogens is 2. The minimum atomic E-state index is -0.707. The molecule has 1 fully saturated rings. The van der Waals surface area contributed by atoms with Crippen LogP contribution >= 0.6 is 11.6 Å². The van der Waals surface area contributed by atoms with Gasteiger partial charge in [0.2, 0.25) is 0 Å². The third-order valence-electron chi connectivity index (χ3n) is 2.74. The van der Waals surface area contributed by atoms with Gasteiger partial charge in [0.15, 0.2) is 0 Å². The molecule has 0 aliphatic carbocycles. The maximum absolute atomic E-state index is 12.9. The Morgan fingerprint density at radius 1 is 1.53 bits per heavy atom. The van der Waals surface area contributed by atoms with E-state index in [1.165, 1.54) is 6.07 Å². The molecule has 1 heterocycles. The van der Waals surface area contributed by atoms with Crippen LogP contribution in [0.1, 0.15) is 12.0 Å². The monoisotopic (exact) mass is 229 g/mol. The Balaban J connectivity index is 2.13. The lowest BCUT2D eigenvalue weighted by molar-refractivity contribution is 0.0619. The molecule has 1 aliphatic rings. The van der Waals surface area contributed by atoms with Gasteiger partial charge in [-0.1, -0.05) is 17.7 Å². The van der Waals surface area contributed by atoms with Crippen molar-refractivity contribution in [2.24, 2.45) is 0 Å². The van der Waals surface area contributed by atoms with Gasteiger partial charge in [0.25, 0.3) is 0 Å². The van der Waals surface area contributed by atoms with Crippen LogP contribution in [0.5, 0.6) is 0 Å². The van der Waals surface area contributed by atoms with Crippen LogP contribution in [0.3, 0.4) is 0 Å². The number of benzene rings is 1. The van der Waals surface area contributed by atoms with Crippen molar-refractivity contribution in [2.75, 3.05) is 13.1 Å². The summed E-state index contributed by atoms with van der Waals surface area (Å²) in [6.07, 6.45) is 1.24. The quantitative estimate of drug-likeness (QED) is 0.810. The zero-order valence-corrected chi connectivity index (χ0v) is 9.02. The third kappa shape index (κ3) is 2.48. The molecule has 0 amide bonds. The Morgan fingerprint density at radius 3 is 2.93 bits per heavy atom. The number of hydrogen-bond acceptors (Lipinski definition) is 2. The van der Waals surface area contributed by atoms with Gasteiger partial charge in [0.05, 0.1) is 10.6 Å². The molecule has 0 spiro atoms. The summed E-state index contributed by atoms with van der Waals surface area (Å²) in [5.41, 5.74) is 0.161. The summed E-state index contributed by atoms with van der Waals surface area (Å²) in [6, 6.07) is 4.58. The number of hydrogen-bond donors (Lipinski definition) is 2. The largest absolute Gasteiger partial charge is 0.388 e. The minimum absolute atomic E-state index is 0.113. The van der Waals surface area contributed by atoms with Gasteiger partial charge in [-0.15, -0.1) is 0 Å². The molecule has 2 N–H and O–H groups in total. The lowest BCUT2D eigenvalue weighted by atomic mass is 9.94. The van der Waals surface area contributed by atoms with Crippen molar-refractivity contribution in [2.45, 2.75) is 18.4 Å². The second-order valence-corrected chi connectivity index (χ2v) is 4.48. The Kier molecular flexibility index (Phi) is 2.96. The molecular formula is C11H13ClFNO. The van der Waals surface area contributed by atoms with Gasteiger partial charge < -0.3 is 10.4 Å². The Labute approximate surface area is 93.1 Å². The van der Waals surface area contributed by atoms with Gasteiger partial charge in [-0.05, 0) is 30.7 Å². The zero-order chi connectivity index (χ0) is 10.9. The topological polar surface area (TPSA) is 32.3 Å². The average Bonchev–Trinajstić information content (AvgIpc) is 2.59. The summed E-state index contributed by atoms with van der Waals surface area (Å²) in [7, 11) is 0. The molecule has 4 heteroatoms. The van der Waals surface area contributed by atoms with E-state index in [1.807, 2.05) is 0 Å². The highest BCUT2D eigenvalue weighted by Gasteiger charge is 2.31. The van der Waals surface area contributed by atoms with E-state index in [1.54, 1.807) is 12.1 Å². The summed E-state index contributed by atoms with van der Waals surface area (Å²) >= 11 is 5.67. The van der Waals surface area contributed by atoms with Crippen LogP contribution in [0.4, 0.5) is 4.39 Å². The molecule has 15 heavy (non-hydrogen) atoms. The molecule has 0 bridgehead atoms. The number of aliphatic hydroxyl groups is 1. The van der Waals surface area contributed by atoms with Gasteiger partial charge in [-0.3, -0.25) is 0 Å². The van der Waals surface area contributed by atoms with Crippen LogP contribution in [0.25, 0.3) is 0 Å². The molecule has 1 saturated heterocycles. The van der Waals surface area contributed by atoms with Crippen molar-refractivity contribution in [3.63, 3.8) is 0 Å². The van der Waals surface area contributed by atoms with Crippen molar-refractivity contribution in [1.29, 1.82) is 0 Å². The molecule has 1 aromatic rings. The first kappa shape index (κ1) is 10.9. The highest BCUT2D eigenvalue weighted by molar-refractivity contribution is 6.30. The predicted octanol–water partition coefficient (Wildman–Crippen LogP) is 1.75. The van der Waals surface area contributed by atoms with E-state index in [2.05, 4.69) is 5.32 Å². The lowest BCUT2D eigenvalue weighted by Gasteiger charge is -2.21. The van der Waals surface area contributed by atoms with Crippen LogP contribution in [0.2, 0.25) is 5.02 Å². The number of nitrogens with one attached hydrogen (secondary N) is 1. The van der Waals surface area contributed by atoms with Gasteiger partial charge in [0, 0.05) is 13.0 Å². The van der Waals surface area contributed by atoms with E-state index >= 15 is 0 Å². The standard InChI is InChI=1S/C11H13ClFNO/c12-9-5-8(1-2-10(9)13)6-11(15)3-4-14-7-11/h1-2,5,14-15H,3-4,6-7H2. The number of rotatable bonds is 2. The van der Waals surface area contributed by atoms with Gasteiger partial charge in [-0.2, -0.15) is 0 Å². The lowest BCUT2D eigenvalue weighted by Crippen LogP contribution is -2.33. The zero-order valence-electron chi connectivity index (χ0n) is 8.26. The summed E-state index contributed by atoms with van der Waals surface area (Å²) in [5.74, 6) is -0.419. The normalized spacial score (nSPS) is 25.8. The van der Waals surface area contributed by atoms with Crippen LogP contribution in [-0.4, -0.2) is 23.8 Å². The predicted molar refractivity (Wildman–Crippen MR) is 57.6 cm³/mol. The average molecular weight is 230 g/mol. The van der Waals surface area contributed by atoms with Crippen LogP contribution in [-0.2, 0) is 6.42 Å². The highest BCUT2D eigenvalue weighted by Crippen LogP contribution is 2.23. The maximum Gasteiger partial charge on any atom is 0.141 e. The van der Waals surface area contributed by atoms with E-state index in [0.717, 1.165) is 18.5 Å². The molecule has 1 aromatic carbocycles. The van der Waals surface area contributed by atoms with E-state index in [4.69, 9.17) is 11.6 Å². The molecular weight excluding hydrogens is 217 g/mol. The fourth-order valence-electron chi connectivity index (χ4n) is 1.91. The summed E-state index contributed by atoms with van der Waals surface area (Å²) in [6.45, 7) is 1.41. The van der Waals surface area contributed by atoms with Gasteiger partial charge >= 0.3 is 0 Å². The minimum Gasteiger partial charge on any atom is -0.388 e. The first-order chi connectivity index (χ1) is 7.09. The molecule has 0 aromatic heterocycles. The molecule has 0 radical (unpaired) electrons. The molecule has 82 valence electrons. The van der Waals surface area contributed by atoms with Crippen LogP contribution in [0.15, 0.2) is 18.2 Å². The van der Waals surface area contributed by atoms with Gasteiger partial charge in [0.1, 0.15) is 5.82 Å². The molecule has 1 unspecified atom stereocenters. The molecule has 2 rings (SSSR count). The summed E-state index contributed by atoms with van der Waals surface area (Å²) < 4.78 is 12.9. The molecule has 1 atom stereocenters.